The van der Waals surface area contributed by atoms with E-state index in [1.165, 1.54) is 42.7 Å². The molecule has 0 saturated heterocycles. The van der Waals surface area contributed by atoms with Gasteiger partial charge in [-0.3, -0.25) is 9.59 Å². The number of ether oxygens (including phenoxy) is 6. The highest BCUT2D eigenvalue weighted by Crippen LogP contribution is 2.57. The van der Waals surface area contributed by atoms with Gasteiger partial charge in [-0.25, -0.2) is 0 Å². The SMILES string of the molecule is COc1cc(C(=O)NC23CC4CC(C2)CC(NC(=O)c2cc(OC)c(OC)c(OC)c2)(C4)C3)cc(OC)c1OC. The Hall–Kier alpha value is -3.82. The molecule has 4 fully saturated rings. The van der Waals surface area contributed by atoms with Crippen LogP contribution in [0, 0.1) is 11.8 Å². The highest BCUT2D eigenvalue weighted by atomic mass is 16.5. The normalized spacial score (nSPS) is 26.1. The van der Waals surface area contributed by atoms with Crippen LogP contribution in [-0.2, 0) is 0 Å². The van der Waals surface area contributed by atoms with Crippen molar-refractivity contribution in [3.05, 3.63) is 35.4 Å². The van der Waals surface area contributed by atoms with Crippen LogP contribution in [0.1, 0.15) is 59.2 Å². The van der Waals surface area contributed by atoms with Crippen LogP contribution in [0.5, 0.6) is 34.5 Å². The molecule has 0 aliphatic heterocycles. The fourth-order valence-electron chi connectivity index (χ4n) is 7.61. The molecule has 0 spiro atoms. The highest BCUT2D eigenvalue weighted by molar-refractivity contribution is 5.97. The molecule has 2 aromatic rings. The van der Waals surface area contributed by atoms with E-state index in [2.05, 4.69) is 10.6 Å². The van der Waals surface area contributed by atoms with Gasteiger partial charge in [-0.15, -0.1) is 0 Å². The molecule has 6 rings (SSSR count). The smallest absolute Gasteiger partial charge is 0.251 e. The zero-order valence-corrected chi connectivity index (χ0v) is 24.0. The average molecular weight is 555 g/mol. The standard InChI is InChI=1S/C30H38N2O8/c1-35-21-8-19(9-22(36-2)25(21)39-5)27(33)31-29-12-17-7-18(13-29)15-30(14-17,16-29)32-28(34)20-10-23(37-3)26(40-6)24(11-20)38-4/h8-11,17-18H,7,12-16H2,1-6H3,(H,31,33)(H,32,34). The molecule has 216 valence electrons. The molecule has 10 nitrogen and oxygen atoms in total. The van der Waals surface area contributed by atoms with Gasteiger partial charge in [-0.05, 0) is 74.6 Å². The van der Waals surface area contributed by atoms with Crippen LogP contribution in [0.15, 0.2) is 24.3 Å². The Morgan fingerprint density at radius 2 is 0.925 bits per heavy atom. The van der Waals surface area contributed by atoms with Crippen LogP contribution in [0.4, 0.5) is 0 Å². The van der Waals surface area contributed by atoms with Gasteiger partial charge in [-0.2, -0.15) is 0 Å². The summed E-state index contributed by atoms with van der Waals surface area (Å²) < 4.78 is 32.6. The molecule has 0 heterocycles. The van der Waals surface area contributed by atoms with Crippen LogP contribution in [-0.4, -0.2) is 65.6 Å². The maximum atomic E-state index is 13.6. The van der Waals surface area contributed by atoms with Crippen molar-refractivity contribution in [3.63, 3.8) is 0 Å². The number of hydrogen-bond donors (Lipinski definition) is 2. The van der Waals surface area contributed by atoms with E-state index in [9.17, 15) is 9.59 Å². The summed E-state index contributed by atoms with van der Waals surface area (Å²) in [7, 11) is 9.16. The molecule has 0 atom stereocenters. The molecule has 4 saturated carbocycles. The van der Waals surface area contributed by atoms with Crippen molar-refractivity contribution in [1.29, 1.82) is 0 Å². The first-order valence-electron chi connectivity index (χ1n) is 13.5. The summed E-state index contributed by atoms with van der Waals surface area (Å²) in [5.74, 6) is 2.99. The third-order valence-electron chi connectivity index (χ3n) is 8.67. The van der Waals surface area contributed by atoms with Crippen molar-refractivity contribution in [1.82, 2.24) is 10.6 Å². The topological polar surface area (TPSA) is 114 Å². The van der Waals surface area contributed by atoms with Crippen LogP contribution in [0.25, 0.3) is 0 Å². The van der Waals surface area contributed by atoms with Crippen LogP contribution in [0.3, 0.4) is 0 Å². The van der Waals surface area contributed by atoms with Crippen molar-refractivity contribution in [3.8, 4) is 34.5 Å². The molecule has 0 unspecified atom stereocenters. The number of carbonyl (C=O) groups excluding carboxylic acids is 2. The molecule has 4 aliphatic rings. The summed E-state index contributed by atoms with van der Waals surface area (Å²) in [6, 6.07) is 6.66. The van der Waals surface area contributed by atoms with Crippen LogP contribution >= 0.6 is 0 Å². The minimum Gasteiger partial charge on any atom is -0.493 e. The minimum atomic E-state index is -0.413. The van der Waals surface area contributed by atoms with Gasteiger partial charge in [0, 0.05) is 22.2 Å². The fourth-order valence-corrected chi connectivity index (χ4v) is 7.61. The first-order valence-corrected chi connectivity index (χ1v) is 13.5. The van der Waals surface area contributed by atoms with Crippen molar-refractivity contribution in [2.24, 2.45) is 11.8 Å². The van der Waals surface area contributed by atoms with Crippen molar-refractivity contribution >= 4 is 11.8 Å². The summed E-state index contributed by atoms with van der Waals surface area (Å²) in [4.78, 5) is 27.2. The van der Waals surface area contributed by atoms with E-state index in [4.69, 9.17) is 28.4 Å². The summed E-state index contributed by atoms with van der Waals surface area (Å²) >= 11 is 0. The van der Waals surface area contributed by atoms with Crippen LogP contribution in [0.2, 0.25) is 0 Å². The number of nitrogens with one attached hydrogen (secondary N) is 2. The molecule has 2 amide bonds. The Morgan fingerprint density at radius 1 is 0.600 bits per heavy atom. The Bertz CT molecular complexity index is 1150. The van der Waals surface area contributed by atoms with E-state index in [-0.39, 0.29) is 11.8 Å². The molecule has 4 aliphatic carbocycles. The van der Waals surface area contributed by atoms with Gasteiger partial charge in [0.2, 0.25) is 11.5 Å². The number of rotatable bonds is 10. The summed E-state index contributed by atoms with van der Waals surface area (Å²) in [6.45, 7) is 0. The van der Waals surface area contributed by atoms with Gasteiger partial charge >= 0.3 is 0 Å². The summed E-state index contributed by atoms with van der Waals surface area (Å²) in [6.07, 6.45) is 5.34. The largest absolute Gasteiger partial charge is 0.493 e. The summed E-state index contributed by atoms with van der Waals surface area (Å²) in [5.41, 5.74) is 0.0374. The zero-order chi connectivity index (χ0) is 28.7. The van der Waals surface area contributed by atoms with Gasteiger partial charge in [-0.1, -0.05) is 0 Å². The summed E-state index contributed by atoms with van der Waals surface area (Å²) in [5, 5.41) is 6.74. The molecule has 4 bridgehead atoms. The van der Waals surface area contributed by atoms with Gasteiger partial charge in [0.25, 0.3) is 11.8 Å². The lowest BCUT2D eigenvalue weighted by molar-refractivity contribution is -0.0448. The number of amides is 2. The number of hydrogen-bond acceptors (Lipinski definition) is 8. The van der Waals surface area contributed by atoms with E-state index < -0.39 is 11.1 Å². The minimum absolute atomic E-state index is 0.202. The van der Waals surface area contributed by atoms with Crippen molar-refractivity contribution in [2.75, 3.05) is 42.7 Å². The van der Waals surface area contributed by atoms with Gasteiger partial charge in [0.05, 0.1) is 42.7 Å². The first kappa shape index (κ1) is 27.7. The lowest BCUT2D eigenvalue weighted by atomic mass is 9.49. The lowest BCUT2D eigenvalue weighted by Gasteiger charge is -2.62. The monoisotopic (exact) mass is 554 g/mol. The zero-order valence-electron chi connectivity index (χ0n) is 24.0. The molecular formula is C30H38N2O8. The second-order valence-electron chi connectivity index (χ2n) is 11.3. The maximum absolute atomic E-state index is 13.6. The van der Waals surface area contributed by atoms with E-state index in [0.717, 1.165) is 32.1 Å². The molecule has 0 aromatic heterocycles. The molecule has 10 heteroatoms. The molecule has 2 aromatic carbocycles. The lowest BCUT2D eigenvalue weighted by Crippen LogP contribution is -2.69. The van der Waals surface area contributed by atoms with E-state index in [0.29, 0.717) is 63.9 Å². The predicted molar refractivity (Wildman–Crippen MR) is 147 cm³/mol. The average Bonchev–Trinajstić information content (AvgIpc) is 2.93. The molecule has 2 N–H and O–H groups in total. The van der Waals surface area contributed by atoms with E-state index in [1.807, 2.05) is 0 Å². The maximum Gasteiger partial charge on any atom is 0.251 e. The Labute approximate surface area is 234 Å². The quantitative estimate of drug-likeness (QED) is 0.453. The second-order valence-corrected chi connectivity index (χ2v) is 11.3. The Balaban J connectivity index is 1.40. The van der Waals surface area contributed by atoms with Gasteiger partial charge in [0.1, 0.15) is 0 Å². The van der Waals surface area contributed by atoms with Gasteiger partial charge < -0.3 is 39.1 Å². The molecule has 40 heavy (non-hydrogen) atoms. The predicted octanol–water partition coefficient (Wildman–Crippen LogP) is 3.99. The van der Waals surface area contributed by atoms with Crippen LogP contribution < -0.4 is 39.1 Å². The Morgan fingerprint density at radius 3 is 1.20 bits per heavy atom. The third kappa shape index (κ3) is 4.84. The van der Waals surface area contributed by atoms with E-state index in [1.54, 1.807) is 24.3 Å². The molecular weight excluding hydrogens is 516 g/mol. The van der Waals surface area contributed by atoms with E-state index >= 15 is 0 Å². The number of carbonyl (C=O) groups is 2. The van der Waals surface area contributed by atoms with Crippen molar-refractivity contribution in [2.45, 2.75) is 49.6 Å². The first-order chi connectivity index (χ1) is 19.2. The fraction of sp³-hybridized carbons (Fsp3) is 0.533. The Kier molecular flexibility index (Phi) is 7.37. The third-order valence-corrected chi connectivity index (χ3v) is 8.67. The number of methoxy groups -OCH3 is 6. The van der Waals surface area contributed by atoms with Crippen molar-refractivity contribution < 1.29 is 38.0 Å². The number of benzene rings is 2. The molecule has 0 radical (unpaired) electrons. The van der Waals surface area contributed by atoms with Gasteiger partial charge in [0.15, 0.2) is 23.0 Å². The highest BCUT2D eigenvalue weighted by Gasteiger charge is 2.58. The second kappa shape index (κ2) is 10.6.